The van der Waals surface area contributed by atoms with E-state index in [2.05, 4.69) is 19.2 Å². The van der Waals surface area contributed by atoms with Crippen LogP contribution >= 0.6 is 0 Å². The summed E-state index contributed by atoms with van der Waals surface area (Å²) in [6, 6.07) is 5.62. The molecule has 5 unspecified atom stereocenters. The Bertz CT molecular complexity index is 504. The zero-order valence-electron chi connectivity index (χ0n) is 13.2. The maximum absolute atomic E-state index is 14.1. The third kappa shape index (κ3) is 2.94. The minimum Gasteiger partial charge on any atom is -0.497 e. The normalized spacial score (nSPS) is 30.4. The summed E-state index contributed by atoms with van der Waals surface area (Å²) in [4.78, 5) is 0. The number of rotatable bonds is 5. The summed E-state index contributed by atoms with van der Waals surface area (Å²) in [5, 5.41) is 3.62. The van der Waals surface area contributed by atoms with E-state index in [1.54, 1.807) is 7.11 Å². The van der Waals surface area contributed by atoms with E-state index < -0.39 is 0 Å². The van der Waals surface area contributed by atoms with Crippen LogP contribution in [0.5, 0.6) is 5.75 Å². The molecule has 0 radical (unpaired) electrons. The Morgan fingerprint density at radius 2 is 2.05 bits per heavy atom. The van der Waals surface area contributed by atoms with Crippen LogP contribution in [-0.4, -0.2) is 13.2 Å². The molecule has 2 bridgehead atoms. The lowest BCUT2D eigenvalue weighted by Crippen LogP contribution is -2.38. The van der Waals surface area contributed by atoms with Gasteiger partial charge in [-0.25, -0.2) is 4.39 Å². The molecule has 0 heterocycles. The van der Waals surface area contributed by atoms with Gasteiger partial charge in [-0.15, -0.1) is 0 Å². The Morgan fingerprint density at radius 3 is 2.62 bits per heavy atom. The summed E-state index contributed by atoms with van der Waals surface area (Å²) in [6.45, 7) is 4.32. The maximum Gasteiger partial charge on any atom is 0.131 e. The molecule has 21 heavy (non-hydrogen) atoms. The van der Waals surface area contributed by atoms with E-state index in [9.17, 15) is 4.39 Å². The van der Waals surface area contributed by atoms with Gasteiger partial charge in [-0.3, -0.25) is 0 Å². The van der Waals surface area contributed by atoms with Gasteiger partial charge in [0.15, 0.2) is 0 Å². The van der Waals surface area contributed by atoms with Crippen molar-refractivity contribution in [2.24, 2.45) is 17.8 Å². The fraction of sp³-hybridized carbons (Fsp3) is 0.667. The van der Waals surface area contributed by atoms with Crippen LogP contribution in [0.2, 0.25) is 0 Å². The van der Waals surface area contributed by atoms with Gasteiger partial charge in [-0.2, -0.15) is 0 Å². The molecule has 3 heteroatoms. The lowest BCUT2D eigenvalue weighted by atomic mass is 9.83. The predicted molar refractivity (Wildman–Crippen MR) is 82.9 cm³/mol. The van der Waals surface area contributed by atoms with Crippen LogP contribution in [0.1, 0.15) is 51.1 Å². The number of fused-ring (bicyclic) bond motifs is 2. The molecule has 0 spiro atoms. The standard InChI is InChI=1S/C18H26FNO/c1-11(16-7-6-15(21-3)10-18(16)19)20-12(2)17-9-13-4-5-14(17)8-13/h6-7,10-14,17,20H,4-5,8-9H2,1-3H3. The zero-order chi connectivity index (χ0) is 15.0. The smallest absolute Gasteiger partial charge is 0.131 e. The molecule has 0 amide bonds. The lowest BCUT2D eigenvalue weighted by Gasteiger charge is -2.31. The Morgan fingerprint density at radius 1 is 1.24 bits per heavy atom. The first-order chi connectivity index (χ1) is 10.1. The van der Waals surface area contributed by atoms with Crippen molar-refractivity contribution in [2.75, 3.05) is 7.11 Å². The second kappa shape index (κ2) is 5.96. The van der Waals surface area contributed by atoms with Crippen LogP contribution < -0.4 is 10.1 Å². The van der Waals surface area contributed by atoms with Crippen LogP contribution in [0.3, 0.4) is 0 Å². The quantitative estimate of drug-likeness (QED) is 0.873. The van der Waals surface area contributed by atoms with Gasteiger partial charge in [0, 0.05) is 23.7 Å². The van der Waals surface area contributed by atoms with Crippen LogP contribution in [0, 0.1) is 23.6 Å². The number of hydrogen-bond donors (Lipinski definition) is 1. The molecule has 2 saturated carbocycles. The minimum atomic E-state index is -0.186. The van der Waals surface area contributed by atoms with E-state index in [0.717, 1.165) is 23.3 Å². The molecule has 0 aromatic heterocycles. The van der Waals surface area contributed by atoms with Crippen molar-refractivity contribution < 1.29 is 9.13 Å². The molecule has 2 aliphatic rings. The van der Waals surface area contributed by atoms with Crippen molar-refractivity contribution in [3.05, 3.63) is 29.6 Å². The second-order valence-corrected chi connectivity index (χ2v) is 6.90. The summed E-state index contributed by atoms with van der Waals surface area (Å²) in [5.41, 5.74) is 0.728. The SMILES string of the molecule is COc1ccc(C(C)NC(C)C2CC3CCC2C3)c(F)c1. The largest absolute Gasteiger partial charge is 0.497 e. The highest BCUT2D eigenvalue weighted by atomic mass is 19.1. The average Bonchev–Trinajstić information content (AvgIpc) is 3.09. The highest BCUT2D eigenvalue weighted by molar-refractivity contribution is 5.30. The highest BCUT2D eigenvalue weighted by Crippen LogP contribution is 2.49. The van der Waals surface area contributed by atoms with Gasteiger partial charge in [0.05, 0.1) is 7.11 Å². The minimum absolute atomic E-state index is 0.0324. The van der Waals surface area contributed by atoms with Gasteiger partial charge in [-0.1, -0.05) is 12.5 Å². The molecule has 2 fully saturated rings. The fourth-order valence-electron chi connectivity index (χ4n) is 4.50. The van der Waals surface area contributed by atoms with Gasteiger partial charge in [0.2, 0.25) is 0 Å². The van der Waals surface area contributed by atoms with Crippen LogP contribution in [0.25, 0.3) is 0 Å². The lowest BCUT2D eigenvalue weighted by molar-refractivity contribution is 0.247. The topological polar surface area (TPSA) is 21.3 Å². The molecule has 5 atom stereocenters. The summed E-state index contributed by atoms with van der Waals surface area (Å²) in [6.07, 6.45) is 5.60. The first-order valence-corrected chi connectivity index (χ1v) is 8.18. The third-order valence-corrected chi connectivity index (χ3v) is 5.62. The summed E-state index contributed by atoms with van der Waals surface area (Å²) >= 11 is 0. The second-order valence-electron chi connectivity index (χ2n) is 6.90. The Balaban J connectivity index is 1.64. The fourth-order valence-corrected chi connectivity index (χ4v) is 4.50. The molecular weight excluding hydrogens is 265 g/mol. The van der Waals surface area contributed by atoms with Crippen molar-refractivity contribution in [1.82, 2.24) is 5.32 Å². The molecule has 2 aliphatic carbocycles. The first kappa shape index (κ1) is 14.8. The van der Waals surface area contributed by atoms with E-state index in [1.807, 2.05) is 12.1 Å². The van der Waals surface area contributed by atoms with Gasteiger partial charge in [0.25, 0.3) is 0 Å². The molecule has 116 valence electrons. The van der Waals surface area contributed by atoms with Crippen LogP contribution in [-0.2, 0) is 0 Å². The van der Waals surface area contributed by atoms with Gasteiger partial charge in [0.1, 0.15) is 11.6 Å². The molecule has 0 saturated heterocycles. The molecule has 2 nitrogen and oxygen atoms in total. The van der Waals surface area contributed by atoms with Gasteiger partial charge in [-0.05, 0) is 56.9 Å². The molecule has 0 aliphatic heterocycles. The van der Waals surface area contributed by atoms with Crippen molar-refractivity contribution in [3.63, 3.8) is 0 Å². The van der Waals surface area contributed by atoms with Gasteiger partial charge < -0.3 is 10.1 Å². The van der Waals surface area contributed by atoms with Crippen LogP contribution in [0.4, 0.5) is 4.39 Å². The molecule has 3 rings (SSSR count). The van der Waals surface area contributed by atoms with E-state index in [-0.39, 0.29) is 11.9 Å². The molecule has 1 aromatic rings. The van der Waals surface area contributed by atoms with E-state index in [0.29, 0.717) is 11.8 Å². The number of halogens is 1. The summed E-state index contributed by atoms with van der Waals surface area (Å²) < 4.78 is 19.2. The van der Waals surface area contributed by atoms with E-state index >= 15 is 0 Å². The molecule has 1 aromatic carbocycles. The van der Waals surface area contributed by atoms with Crippen molar-refractivity contribution in [3.8, 4) is 5.75 Å². The Kier molecular flexibility index (Phi) is 4.21. The molecular formula is C18H26FNO. The first-order valence-electron chi connectivity index (χ1n) is 8.18. The monoisotopic (exact) mass is 291 g/mol. The van der Waals surface area contributed by atoms with Crippen molar-refractivity contribution >= 4 is 0 Å². The number of methoxy groups -OCH3 is 1. The van der Waals surface area contributed by atoms with Gasteiger partial charge >= 0.3 is 0 Å². The summed E-state index contributed by atoms with van der Waals surface area (Å²) in [7, 11) is 1.56. The number of nitrogens with one attached hydrogen (secondary N) is 1. The number of benzene rings is 1. The predicted octanol–water partition coefficient (Wildman–Crippen LogP) is 4.31. The maximum atomic E-state index is 14.1. The third-order valence-electron chi connectivity index (χ3n) is 5.62. The van der Waals surface area contributed by atoms with E-state index in [1.165, 1.54) is 31.7 Å². The number of ether oxygens (including phenoxy) is 1. The summed E-state index contributed by atoms with van der Waals surface area (Å²) in [5.74, 6) is 3.01. The van der Waals surface area contributed by atoms with Crippen LogP contribution in [0.15, 0.2) is 18.2 Å². The zero-order valence-corrected chi connectivity index (χ0v) is 13.2. The van der Waals surface area contributed by atoms with E-state index in [4.69, 9.17) is 4.74 Å². The van der Waals surface area contributed by atoms with Crippen molar-refractivity contribution in [1.29, 1.82) is 0 Å². The average molecular weight is 291 g/mol. The Labute approximate surface area is 127 Å². The van der Waals surface area contributed by atoms with Crippen molar-refractivity contribution in [2.45, 2.75) is 51.6 Å². The molecule has 1 N–H and O–H groups in total. The number of hydrogen-bond acceptors (Lipinski definition) is 2. The highest BCUT2D eigenvalue weighted by Gasteiger charge is 2.41. The Hall–Kier alpha value is -1.09.